The van der Waals surface area contributed by atoms with Crippen molar-refractivity contribution in [1.29, 1.82) is 0 Å². The summed E-state index contributed by atoms with van der Waals surface area (Å²) in [6.07, 6.45) is 3.03. The molecule has 0 bridgehead atoms. The summed E-state index contributed by atoms with van der Waals surface area (Å²) in [5.74, 6) is 1.08. The van der Waals surface area contributed by atoms with Crippen LogP contribution in [0.3, 0.4) is 0 Å². The third-order valence-corrected chi connectivity index (χ3v) is 2.76. The van der Waals surface area contributed by atoms with Gasteiger partial charge in [0.1, 0.15) is 11.6 Å². The van der Waals surface area contributed by atoms with Crippen molar-refractivity contribution in [2.24, 2.45) is 0 Å². The molecule has 0 aliphatic carbocycles. The van der Waals surface area contributed by atoms with Crippen LogP contribution in [0.4, 0.5) is 5.82 Å². The second kappa shape index (κ2) is 6.04. The number of hydrogen-bond donors (Lipinski definition) is 2. The Labute approximate surface area is 111 Å². The van der Waals surface area contributed by atoms with E-state index in [1.807, 2.05) is 19.1 Å². The van der Waals surface area contributed by atoms with Gasteiger partial charge >= 0.3 is 0 Å². The molecule has 0 atom stereocenters. The molecule has 0 saturated heterocycles. The minimum atomic E-state index is -0.143. The molecule has 2 aromatic heterocycles. The Kier molecular flexibility index (Phi) is 4.18. The molecule has 3 N–H and O–H groups in total. The van der Waals surface area contributed by atoms with Crippen LogP contribution in [0, 0.1) is 0 Å². The van der Waals surface area contributed by atoms with E-state index in [0.717, 1.165) is 17.9 Å². The maximum atomic E-state index is 12.0. The summed E-state index contributed by atoms with van der Waals surface area (Å²) >= 11 is 0. The number of rotatable bonds is 5. The van der Waals surface area contributed by atoms with Crippen LogP contribution >= 0.6 is 0 Å². The summed E-state index contributed by atoms with van der Waals surface area (Å²) in [4.78, 5) is 16.1. The van der Waals surface area contributed by atoms with Crippen LogP contribution in [0.25, 0.3) is 0 Å². The van der Waals surface area contributed by atoms with E-state index in [1.165, 1.54) is 0 Å². The smallest absolute Gasteiger partial charge is 0.251 e. The molecule has 1 amide bonds. The number of nitrogens with zero attached hydrogens (tertiary/aromatic N) is 1. The van der Waals surface area contributed by atoms with Crippen molar-refractivity contribution in [1.82, 2.24) is 10.3 Å². The number of aryl methyl sites for hydroxylation is 1. The Morgan fingerprint density at radius 3 is 3.00 bits per heavy atom. The van der Waals surface area contributed by atoms with E-state index in [9.17, 15) is 4.79 Å². The first kappa shape index (κ1) is 13.1. The number of nitrogen functional groups attached to an aromatic ring is 1. The van der Waals surface area contributed by atoms with Gasteiger partial charge in [0.25, 0.3) is 5.91 Å². The predicted octanol–water partition coefficient (Wildman–Crippen LogP) is 1.79. The fourth-order valence-corrected chi connectivity index (χ4v) is 1.78. The summed E-state index contributed by atoms with van der Waals surface area (Å²) < 4.78 is 5.20. The number of carbonyl (C=O) groups excluding carboxylic acids is 1. The summed E-state index contributed by atoms with van der Waals surface area (Å²) in [5, 5.41) is 2.83. The average molecular weight is 259 g/mol. The molecule has 0 radical (unpaired) electrons. The van der Waals surface area contributed by atoms with Gasteiger partial charge in [-0.05, 0) is 30.7 Å². The van der Waals surface area contributed by atoms with Gasteiger partial charge in [-0.15, -0.1) is 0 Å². The van der Waals surface area contributed by atoms with Crippen LogP contribution < -0.4 is 11.1 Å². The lowest BCUT2D eigenvalue weighted by Crippen LogP contribution is -2.26. The fourth-order valence-electron chi connectivity index (χ4n) is 1.78. The van der Waals surface area contributed by atoms with Crippen LogP contribution in [0.5, 0.6) is 0 Å². The van der Waals surface area contributed by atoms with Gasteiger partial charge in [0, 0.05) is 24.2 Å². The Morgan fingerprint density at radius 2 is 2.32 bits per heavy atom. The van der Waals surface area contributed by atoms with Crippen molar-refractivity contribution in [2.45, 2.75) is 19.8 Å². The number of amides is 1. The maximum Gasteiger partial charge on any atom is 0.251 e. The number of pyridine rings is 1. The highest BCUT2D eigenvalue weighted by Crippen LogP contribution is 2.08. The van der Waals surface area contributed by atoms with Crippen molar-refractivity contribution in [3.05, 3.63) is 47.5 Å². The second-order valence-electron chi connectivity index (χ2n) is 4.21. The summed E-state index contributed by atoms with van der Waals surface area (Å²) in [6.45, 7) is 2.50. The number of furan rings is 1. The number of aromatic nitrogens is 1. The highest BCUT2D eigenvalue weighted by molar-refractivity contribution is 5.94. The van der Waals surface area contributed by atoms with E-state index < -0.39 is 0 Å². The molecule has 5 nitrogen and oxygen atoms in total. The monoisotopic (exact) mass is 259 g/mol. The standard InChI is InChI=1S/C14H17N3O2/c1-2-11-8-10(9-13(15)17-11)14(18)16-6-5-12-4-3-7-19-12/h3-4,7-9H,2,5-6H2,1H3,(H2,15,17)(H,16,18). The van der Waals surface area contributed by atoms with E-state index >= 15 is 0 Å². The van der Waals surface area contributed by atoms with Gasteiger partial charge < -0.3 is 15.5 Å². The lowest BCUT2D eigenvalue weighted by atomic mass is 10.2. The highest BCUT2D eigenvalue weighted by Gasteiger charge is 2.08. The third kappa shape index (κ3) is 3.58. The minimum Gasteiger partial charge on any atom is -0.469 e. The first-order valence-electron chi connectivity index (χ1n) is 6.26. The number of nitrogens with one attached hydrogen (secondary N) is 1. The topological polar surface area (TPSA) is 81.2 Å². The highest BCUT2D eigenvalue weighted by atomic mass is 16.3. The zero-order valence-electron chi connectivity index (χ0n) is 10.8. The second-order valence-corrected chi connectivity index (χ2v) is 4.21. The zero-order chi connectivity index (χ0) is 13.7. The Morgan fingerprint density at radius 1 is 1.47 bits per heavy atom. The lowest BCUT2D eigenvalue weighted by Gasteiger charge is -2.06. The predicted molar refractivity (Wildman–Crippen MR) is 72.8 cm³/mol. The molecule has 0 aliphatic rings. The quantitative estimate of drug-likeness (QED) is 0.857. The van der Waals surface area contributed by atoms with Gasteiger partial charge in [0.15, 0.2) is 0 Å². The normalized spacial score (nSPS) is 10.4. The number of nitrogens with two attached hydrogens (primary N) is 1. The first-order valence-corrected chi connectivity index (χ1v) is 6.26. The average Bonchev–Trinajstić information content (AvgIpc) is 2.91. The Balaban J connectivity index is 1.94. The van der Waals surface area contributed by atoms with Crippen LogP contribution in [0.1, 0.15) is 28.7 Å². The molecule has 100 valence electrons. The van der Waals surface area contributed by atoms with E-state index in [4.69, 9.17) is 10.2 Å². The molecule has 5 heteroatoms. The zero-order valence-corrected chi connectivity index (χ0v) is 10.8. The van der Waals surface area contributed by atoms with Crippen molar-refractivity contribution < 1.29 is 9.21 Å². The minimum absolute atomic E-state index is 0.143. The molecule has 2 rings (SSSR count). The van der Waals surface area contributed by atoms with Gasteiger partial charge in [0.2, 0.25) is 0 Å². The molecule has 2 aromatic rings. The molecule has 0 aliphatic heterocycles. The first-order chi connectivity index (χ1) is 9.19. The molecule has 0 spiro atoms. The molecule has 0 fully saturated rings. The Hall–Kier alpha value is -2.30. The van der Waals surface area contributed by atoms with Crippen molar-refractivity contribution >= 4 is 11.7 Å². The SMILES string of the molecule is CCc1cc(C(=O)NCCc2ccco2)cc(N)n1. The van der Waals surface area contributed by atoms with E-state index in [1.54, 1.807) is 18.4 Å². The molecular formula is C14H17N3O2. The van der Waals surface area contributed by atoms with Gasteiger partial charge in [0.05, 0.1) is 6.26 Å². The van der Waals surface area contributed by atoms with Gasteiger partial charge in [-0.1, -0.05) is 6.92 Å². The van der Waals surface area contributed by atoms with Crippen molar-refractivity contribution in [3.8, 4) is 0 Å². The summed E-state index contributed by atoms with van der Waals surface area (Å²) in [6, 6.07) is 7.06. The molecule has 19 heavy (non-hydrogen) atoms. The summed E-state index contributed by atoms with van der Waals surface area (Å²) in [7, 11) is 0. The summed E-state index contributed by atoms with van der Waals surface area (Å²) in [5.41, 5.74) is 7.03. The molecular weight excluding hydrogens is 242 g/mol. The van der Waals surface area contributed by atoms with Gasteiger partial charge in [-0.3, -0.25) is 4.79 Å². The number of carbonyl (C=O) groups is 1. The maximum absolute atomic E-state index is 12.0. The van der Waals surface area contributed by atoms with Crippen LogP contribution in [-0.4, -0.2) is 17.4 Å². The Bertz CT molecular complexity index is 550. The van der Waals surface area contributed by atoms with Crippen molar-refractivity contribution in [2.75, 3.05) is 12.3 Å². The van der Waals surface area contributed by atoms with Gasteiger partial charge in [-0.2, -0.15) is 0 Å². The van der Waals surface area contributed by atoms with E-state index in [2.05, 4.69) is 10.3 Å². The van der Waals surface area contributed by atoms with Crippen LogP contribution in [0.2, 0.25) is 0 Å². The third-order valence-electron chi connectivity index (χ3n) is 2.76. The molecule has 0 saturated carbocycles. The number of hydrogen-bond acceptors (Lipinski definition) is 4. The van der Waals surface area contributed by atoms with Gasteiger partial charge in [-0.25, -0.2) is 4.98 Å². The lowest BCUT2D eigenvalue weighted by molar-refractivity contribution is 0.0953. The van der Waals surface area contributed by atoms with E-state index in [-0.39, 0.29) is 5.91 Å². The molecule has 2 heterocycles. The van der Waals surface area contributed by atoms with E-state index in [0.29, 0.717) is 24.3 Å². The molecule has 0 aromatic carbocycles. The van der Waals surface area contributed by atoms with Crippen molar-refractivity contribution in [3.63, 3.8) is 0 Å². The molecule has 0 unspecified atom stereocenters. The number of anilines is 1. The van der Waals surface area contributed by atoms with Crippen LogP contribution in [-0.2, 0) is 12.8 Å². The fraction of sp³-hybridized carbons (Fsp3) is 0.286. The van der Waals surface area contributed by atoms with Crippen LogP contribution in [0.15, 0.2) is 34.9 Å². The largest absolute Gasteiger partial charge is 0.469 e.